The van der Waals surface area contributed by atoms with Crippen molar-refractivity contribution < 1.29 is 19.3 Å². The summed E-state index contributed by atoms with van der Waals surface area (Å²) in [6, 6.07) is 13.9. The lowest BCUT2D eigenvalue weighted by Gasteiger charge is -2.38. The molecule has 1 saturated heterocycles. The average Bonchev–Trinajstić information content (AvgIpc) is 3.11. The van der Waals surface area contributed by atoms with Crippen LogP contribution in [0.4, 0.5) is 11.4 Å². The van der Waals surface area contributed by atoms with E-state index in [1.807, 2.05) is 30.3 Å². The van der Waals surface area contributed by atoms with Crippen molar-refractivity contribution >= 4 is 29.1 Å². The van der Waals surface area contributed by atoms with Gasteiger partial charge in [0, 0.05) is 17.8 Å². The van der Waals surface area contributed by atoms with Gasteiger partial charge in [0.25, 0.3) is 5.69 Å². The number of fused-ring (bicyclic) bond motifs is 1. The Bertz CT molecular complexity index is 1110. The van der Waals surface area contributed by atoms with Crippen molar-refractivity contribution in [3.63, 3.8) is 0 Å². The molecule has 0 spiro atoms. The summed E-state index contributed by atoms with van der Waals surface area (Å²) in [6.45, 7) is 0. The molecule has 0 radical (unpaired) electrons. The van der Waals surface area contributed by atoms with Crippen LogP contribution in [0.1, 0.15) is 30.9 Å². The number of nitro benzene ring substituents is 1. The van der Waals surface area contributed by atoms with Crippen molar-refractivity contribution in [3.8, 4) is 0 Å². The topological polar surface area (TPSA) is 110 Å². The number of benzene rings is 2. The van der Waals surface area contributed by atoms with Crippen molar-refractivity contribution in [3.05, 3.63) is 82.4 Å². The lowest BCUT2D eigenvalue weighted by Crippen LogP contribution is -2.38. The van der Waals surface area contributed by atoms with Gasteiger partial charge in [-0.15, -0.1) is 0 Å². The van der Waals surface area contributed by atoms with E-state index in [4.69, 9.17) is 0 Å². The maximum absolute atomic E-state index is 13.5. The zero-order valence-electron chi connectivity index (χ0n) is 17.8. The van der Waals surface area contributed by atoms with Crippen LogP contribution < -0.4 is 5.32 Å². The third-order valence-corrected chi connectivity index (χ3v) is 7.03. The molecule has 1 heterocycles. The Balaban J connectivity index is 1.40. The summed E-state index contributed by atoms with van der Waals surface area (Å²) in [7, 11) is 0. The van der Waals surface area contributed by atoms with E-state index in [1.165, 1.54) is 29.2 Å². The molecule has 2 aromatic carbocycles. The van der Waals surface area contributed by atoms with Gasteiger partial charge in [-0.05, 0) is 42.4 Å². The first-order valence-corrected chi connectivity index (χ1v) is 11.1. The molecule has 2 fully saturated rings. The second-order valence-electron chi connectivity index (χ2n) is 8.87. The van der Waals surface area contributed by atoms with Crippen LogP contribution in [0.5, 0.6) is 0 Å². The first-order valence-electron chi connectivity index (χ1n) is 11.1. The fourth-order valence-corrected chi connectivity index (χ4v) is 5.49. The maximum atomic E-state index is 13.5. The molecule has 2 bridgehead atoms. The highest BCUT2D eigenvalue weighted by Crippen LogP contribution is 2.51. The monoisotopic (exact) mass is 445 g/mol. The number of nitrogens with zero attached hydrogens (tertiary/aromatic N) is 2. The third kappa shape index (κ3) is 3.71. The van der Waals surface area contributed by atoms with Gasteiger partial charge in [-0.2, -0.15) is 0 Å². The molecular weight excluding hydrogens is 422 g/mol. The molecular formula is C25H23N3O5. The molecule has 0 unspecified atom stereocenters. The van der Waals surface area contributed by atoms with Crippen LogP contribution >= 0.6 is 0 Å². The van der Waals surface area contributed by atoms with Gasteiger partial charge in [0.05, 0.1) is 29.2 Å². The quantitative estimate of drug-likeness (QED) is 0.314. The molecule has 8 heteroatoms. The van der Waals surface area contributed by atoms with Crippen molar-refractivity contribution in [1.29, 1.82) is 0 Å². The van der Waals surface area contributed by atoms with Gasteiger partial charge < -0.3 is 5.32 Å². The van der Waals surface area contributed by atoms with Gasteiger partial charge >= 0.3 is 0 Å². The normalized spacial score (nSPS) is 26.2. The number of hydrogen-bond acceptors (Lipinski definition) is 5. The molecule has 2 aromatic rings. The zero-order valence-corrected chi connectivity index (χ0v) is 17.8. The number of nitro groups is 1. The molecule has 1 N–H and O–H groups in total. The van der Waals surface area contributed by atoms with E-state index in [1.54, 1.807) is 0 Å². The Morgan fingerprint density at radius 3 is 2.06 bits per heavy atom. The summed E-state index contributed by atoms with van der Waals surface area (Å²) < 4.78 is 0. The molecule has 3 amide bonds. The molecule has 33 heavy (non-hydrogen) atoms. The summed E-state index contributed by atoms with van der Waals surface area (Å²) in [4.78, 5) is 51.5. The molecule has 1 saturated carbocycles. The SMILES string of the molecule is O=C(C[C@H](c1ccccc1)N1C(=O)[C@@H]2[C@H](C1=O)[C@H]1C=C[C@H]2CC1)Nc1ccc([N+](=O)[O-])cc1. The number of anilines is 1. The number of carbonyl (C=O) groups is 3. The second-order valence-corrected chi connectivity index (χ2v) is 8.87. The maximum Gasteiger partial charge on any atom is 0.269 e. The van der Waals surface area contributed by atoms with Crippen molar-refractivity contribution in [1.82, 2.24) is 4.90 Å². The van der Waals surface area contributed by atoms with Crippen LogP contribution in [0.15, 0.2) is 66.7 Å². The van der Waals surface area contributed by atoms with Gasteiger partial charge in [0.1, 0.15) is 0 Å². The minimum Gasteiger partial charge on any atom is -0.326 e. The Morgan fingerprint density at radius 2 is 1.55 bits per heavy atom. The number of nitrogens with one attached hydrogen (secondary N) is 1. The molecule has 8 nitrogen and oxygen atoms in total. The summed E-state index contributed by atoms with van der Waals surface area (Å²) in [5.74, 6) is -1.30. The average molecular weight is 445 g/mol. The predicted octanol–water partition coefficient (Wildman–Crippen LogP) is 3.86. The smallest absolute Gasteiger partial charge is 0.269 e. The Labute approximate surface area is 190 Å². The van der Waals surface area contributed by atoms with Crippen molar-refractivity contribution in [2.24, 2.45) is 23.7 Å². The number of non-ortho nitro benzene ring substituents is 1. The van der Waals surface area contributed by atoms with E-state index in [0.29, 0.717) is 5.69 Å². The molecule has 6 rings (SSSR count). The van der Waals surface area contributed by atoms with E-state index in [9.17, 15) is 24.5 Å². The zero-order chi connectivity index (χ0) is 23.1. The fraction of sp³-hybridized carbons (Fsp3) is 0.320. The van der Waals surface area contributed by atoms with Crippen LogP contribution in [0.2, 0.25) is 0 Å². The van der Waals surface area contributed by atoms with Crippen LogP contribution in [0.3, 0.4) is 0 Å². The van der Waals surface area contributed by atoms with E-state index >= 15 is 0 Å². The largest absolute Gasteiger partial charge is 0.326 e. The number of hydrogen-bond donors (Lipinski definition) is 1. The fourth-order valence-electron chi connectivity index (χ4n) is 5.49. The van der Waals surface area contributed by atoms with Gasteiger partial charge in [-0.25, -0.2) is 0 Å². The van der Waals surface area contributed by atoms with Crippen LogP contribution in [-0.2, 0) is 14.4 Å². The van der Waals surface area contributed by atoms with Gasteiger partial charge in [-0.1, -0.05) is 42.5 Å². The van der Waals surface area contributed by atoms with Crippen molar-refractivity contribution in [2.75, 3.05) is 5.32 Å². The number of amides is 3. The van der Waals surface area contributed by atoms with E-state index in [-0.39, 0.29) is 53.5 Å². The molecule has 5 atom stereocenters. The highest BCUT2D eigenvalue weighted by atomic mass is 16.6. The van der Waals surface area contributed by atoms with Crippen molar-refractivity contribution in [2.45, 2.75) is 25.3 Å². The third-order valence-electron chi connectivity index (χ3n) is 7.03. The highest BCUT2D eigenvalue weighted by Gasteiger charge is 2.58. The lowest BCUT2D eigenvalue weighted by atomic mass is 9.63. The number of rotatable bonds is 6. The Hall–Kier alpha value is -3.81. The van der Waals surface area contributed by atoms with Crippen LogP contribution in [0, 0.1) is 33.8 Å². The first-order chi connectivity index (χ1) is 15.9. The summed E-state index contributed by atoms with van der Waals surface area (Å²) in [6.07, 6.45) is 5.87. The number of imide groups is 1. The summed E-state index contributed by atoms with van der Waals surface area (Å²) >= 11 is 0. The summed E-state index contributed by atoms with van der Waals surface area (Å²) in [5.41, 5.74) is 1.05. The molecule has 168 valence electrons. The first kappa shape index (κ1) is 21.1. The lowest BCUT2D eigenvalue weighted by molar-refractivity contribution is -0.384. The molecule has 1 aliphatic heterocycles. The second kappa shape index (κ2) is 8.27. The number of allylic oxidation sites excluding steroid dienone is 2. The van der Waals surface area contributed by atoms with E-state index in [0.717, 1.165) is 18.4 Å². The van der Waals surface area contributed by atoms with Gasteiger partial charge in [0.2, 0.25) is 17.7 Å². The van der Waals surface area contributed by atoms with Crippen LogP contribution in [0.25, 0.3) is 0 Å². The minimum atomic E-state index is -0.714. The van der Waals surface area contributed by atoms with Gasteiger partial charge in [-0.3, -0.25) is 29.4 Å². The highest BCUT2D eigenvalue weighted by molar-refractivity contribution is 6.07. The summed E-state index contributed by atoms with van der Waals surface area (Å²) in [5, 5.41) is 13.6. The standard InChI is InChI=1S/C25H23N3O5/c29-21(26-18-10-12-19(13-11-18)28(32)33)14-20(15-4-2-1-3-5-15)27-24(30)22-16-6-7-17(9-8-16)23(22)25(27)31/h1-7,10-13,16-17,20,22-23H,8-9,14H2,(H,26,29)/t16-,17-,20+,22-,23+/m0/s1. The van der Waals surface area contributed by atoms with Gasteiger partial charge in [0.15, 0.2) is 0 Å². The number of likely N-dealkylation sites (tertiary alicyclic amines) is 1. The molecule has 4 aliphatic rings. The number of carbonyl (C=O) groups excluding carboxylic acids is 3. The minimum absolute atomic E-state index is 0.0748. The molecule has 3 aliphatic carbocycles. The molecule has 0 aromatic heterocycles. The Morgan fingerprint density at radius 1 is 0.970 bits per heavy atom. The van der Waals surface area contributed by atoms with E-state index < -0.39 is 11.0 Å². The van der Waals surface area contributed by atoms with Crippen LogP contribution in [-0.4, -0.2) is 27.5 Å². The van der Waals surface area contributed by atoms with E-state index in [2.05, 4.69) is 17.5 Å². The Kier molecular flexibility index (Phi) is 5.28. The predicted molar refractivity (Wildman–Crippen MR) is 120 cm³/mol.